The number of aliphatic hydroxyl groups excluding tert-OH is 1. The van der Waals surface area contributed by atoms with E-state index in [0.29, 0.717) is 11.7 Å². The fourth-order valence-electron chi connectivity index (χ4n) is 1.64. The topological polar surface area (TPSA) is 42.6 Å². The average molecular weight is 246 g/mol. The van der Waals surface area contributed by atoms with Crippen molar-refractivity contribution in [1.82, 2.24) is 0 Å². The van der Waals surface area contributed by atoms with Crippen LogP contribution in [0.2, 0.25) is 0 Å². The molecule has 0 bridgehead atoms. The maximum Gasteiger partial charge on any atom is 0.285 e. The standard InChI is InChI=1S/C15H18O3/c1-15(2,3)18-13-10-9-12(17-13)14(16)11-7-5-4-6-8-11/h4-10,14,16H,1-3H3. The van der Waals surface area contributed by atoms with Crippen molar-refractivity contribution in [2.24, 2.45) is 0 Å². The van der Waals surface area contributed by atoms with Gasteiger partial charge in [0.2, 0.25) is 0 Å². The van der Waals surface area contributed by atoms with Crippen LogP contribution in [-0.4, -0.2) is 10.7 Å². The van der Waals surface area contributed by atoms with Gasteiger partial charge in [-0.1, -0.05) is 30.3 Å². The van der Waals surface area contributed by atoms with Gasteiger partial charge in [-0.3, -0.25) is 0 Å². The maximum absolute atomic E-state index is 10.2. The molecule has 3 heteroatoms. The molecule has 1 aromatic carbocycles. The highest BCUT2D eigenvalue weighted by Gasteiger charge is 2.18. The third kappa shape index (κ3) is 3.14. The zero-order valence-electron chi connectivity index (χ0n) is 10.9. The molecular weight excluding hydrogens is 228 g/mol. The Kier molecular flexibility index (Phi) is 3.43. The molecule has 0 saturated carbocycles. The quantitative estimate of drug-likeness (QED) is 0.900. The summed E-state index contributed by atoms with van der Waals surface area (Å²) in [6, 6.07) is 12.9. The number of hydrogen-bond donors (Lipinski definition) is 1. The van der Waals surface area contributed by atoms with Gasteiger partial charge in [0.25, 0.3) is 5.95 Å². The van der Waals surface area contributed by atoms with E-state index in [1.54, 1.807) is 12.1 Å². The normalized spacial score (nSPS) is 13.3. The zero-order valence-corrected chi connectivity index (χ0v) is 10.9. The van der Waals surface area contributed by atoms with Crippen LogP contribution in [0.25, 0.3) is 0 Å². The van der Waals surface area contributed by atoms with Crippen LogP contribution in [0.15, 0.2) is 46.9 Å². The van der Waals surface area contributed by atoms with Crippen molar-refractivity contribution in [2.75, 3.05) is 0 Å². The van der Waals surface area contributed by atoms with E-state index in [2.05, 4.69) is 0 Å². The van der Waals surface area contributed by atoms with Gasteiger partial charge in [0.05, 0.1) is 0 Å². The number of furan rings is 1. The molecule has 0 amide bonds. The van der Waals surface area contributed by atoms with Crippen molar-refractivity contribution < 1.29 is 14.3 Å². The highest BCUT2D eigenvalue weighted by atomic mass is 16.6. The minimum atomic E-state index is -0.761. The first-order valence-corrected chi connectivity index (χ1v) is 5.97. The lowest BCUT2D eigenvalue weighted by Gasteiger charge is -2.18. The summed E-state index contributed by atoms with van der Waals surface area (Å²) in [6.07, 6.45) is -0.761. The van der Waals surface area contributed by atoms with Crippen LogP contribution in [0.1, 0.15) is 38.2 Å². The molecule has 1 N–H and O–H groups in total. The summed E-state index contributed by atoms with van der Waals surface area (Å²) >= 11 is 0. The highest BCUT2D eigenvalue weighted by Crippen LogP contribution is 2.28. The van der Waals surface area contributed by atoms with Crippen molar-refractivity contribution in [1.29, 1.82) is 0 Å². The predicted molar refractivity (Wildman–Crippen MR) is 69.6 cm³/mol. The molecule has 0 aliphatic heterocycles. The Morgan fingerprint density at radius 2 is 1.72 bits per heavy atom. The van der Waals surface area contributed by atoms with E-state index in [0.717, 1.165) is 5.56 Å². The molecule has 0 saturated heterocycles. The Morgan fingerprint density at radius 3 is 2.33 bits per heavy atom. The molecular formula is C15H18O3. The molecule has 1 atom stereocenters. The molecule has 3 nitrogen and oxygen atoms in total. The van der Waals surface area contributed by atoms with Gasteiger partial charge in [-0.2, -0.15) is 0 Å². The second kappa shape index (κ2) is 4.86. The molecule has 18 heavy (non-hydrogen) atoms. The Bertz CT molecular complexity index is 494. The molecule has 0 aliphatic rings. The van der Waals surface area contributed by atoms with Gasteiger partial charge in [0.1, 0.15) is 17.5 Å². The van der Waals surface area contributed by atoms with Crippen molar-refractivity contribution in [3.63, 3.8) is 0 Å². The Labute approximate surface area is 107 Å². The van der Waals surface area contributed by atoms with Gasteiger partial charge in [0, 0.05) is 6.07 Å². The monoisotopic (exact) mass is 246 g/mol. The molecule has 0 spiro atoms. The van der Waals surface area contributed by atoms with E-state index in [9.17, 15) is 5.11 Å². The molecule has 96 valence electrons. The van der Waals surface area contributed by atoms with Crippen LogP contribution < -0.4 is 4.74 Å². The number of benzene rings is 1. The van der Waals surface area contributed by atoms with Gasteiger partial charge in [-0.05, 0) is 32.4 Å². The summed E-state index contributed by atoms with van der Waals surface area (Å²) in [5, 5.41) is 10.2. The van der Waals surface area contributed by atoms with Crippen molar-refractivity contribution in [3.05, 3.63) is 53.8 Å². The summed E-state index contributed by atoms with van der Waals surface area (Å²) in [5.74, 6) is 0.910. The van der Waals surface area contributed by atoms with Gasteiger partial charge >= 0.3 is 0 Å². The average Bonchev–Trinajstić information content (AvgIpc) is 2.75. The van der Waals surface area contributed by atoms with Gasteiger partial charge in [-0.15, -0.1) is 0 Å². The predicted octanol–water partition coefficient (Wildman–Crippen LogP) is 3.54. The lowest BCUT2D eigenvalue weighted by atomic mass is 10.1. The van der Waals surface area contributed by atoms with E-state index in [1.807, 2.05) is 51.1 Å². The van der Waals surface area contributed by atoms with E-state index >= 15 is 0 Å². The van der Waals surface area contributed by atoms with E-state index in [1.165, 1.54) is 0 Å². The van der Waals surface area contributed by atoms with Crippen molar-refractivity contribution in [3.8, 4) is 5.95 Å². The summed E-state index contributed by atoms with van der Waals surface area (Å²) in [4.78, 5) is 0. The minimum Gasteiger partial charge on any atom is -0.459 e. The number of hydrogen-bond acceptors (Lipinski definition) is 3. The first-order valence-electron chi connectivity index (χ1n) is 5.97. The van der Waals surface area contributed by atoms with Gasteiger partial charge < -0.3 is 14.3 Å². The lowest BCUT2D eigenvalue weighted by Crippen LogP contribution is -2.22. The van der Waals surface area contributed by atoms with Crippen LogP contribution in [0.5, 0.6) is 5.95 Å². The second-order valence-corrected chi connectivity index (χ2v) is 5.18. The van der Waals surface area contributed by atoms with Crippen LogP contribution in [-0.2, 0) is 0 Å². The summed E-state index contributed by atoms with van der Waals surface area (Å²) < 4.78 is 11.1. The van der Waals surface area contributed by atoms with Gasteiger partial charge in [-0.25, -0.2) is 0 Å². The molecule has 0 radical (unpaired) electrons. The molecule has 2 aromatic rings. The van der Waals surface area contributed by atoms with Crippen LogP contribution in [0.4, 0.5) is 0 Å². The lowest BCUT2D eigenvalue weighted by molar-refractivity contribution is 0.0859. The number of aliphatic hydroxyl groups is 1. The zero-order chi connectivity index (χ0) is 13.2. The molecule has 2 rings (SSSR count). The van der Waals surface area contributed by atoms with Crippen LogP contribution >= 0.6 is 0 Å². The third-order valence-electron chi connectivity index (χ3n) is 2.39. The molecule has 1 heterocycles. The summed E-state index contributed by atoms with van der Waals surface area (Å²) in [6.45, 7) is 5.84. The number of ether oxygens (including phenoxy) is 1. The van der Waals surface area contributed by atoms with E-state index < -0.39 is 6.10 Å². The molecule has 1 unspecified atom stereocenters. The number of rotatable bonds is 3. The Morgan fingerprint density at radius 1 is 1.06 bits per heavy atom. The molecule has 0 aliphatic carbocycles. The maximum atomic E-state index is 10.2. The van der Waals surface area contributed by atoms with E-state index in [-0.39, 0.29) is 5.60 Å². The first kappa shape index (κ1) is 12.7. The Hall–Kier alpha value is -1.74. The SMILES string of the molecule is CC(C)(C)Oc1ccc(C(O)c2ccccc2)o1. The van der Waals surface area contributed by atoms with Gasteiger partial charge in [0.15, 0.2) is 0 Å². The fourth-order valence-corrected chi connectivity index (χ4v) is 1.64. The smallest absolute Gasteiger partial charge is 0.285 e. The molecule has 1 aromatic heterocycles. The van der Waals surface area contributed by atoms with E-state index in [4.69, 9.17) is 9.15 Å². The third-order valence-corrected chi connectivity index (χ3v) is 2.39. The minimum absolute atomic E-state index is 0.313. The largest absolute Gasteiger partial charge is 0.459 e. The Balaban J connectivity index is 2.15. The van der Waals surface area contributed by atoms with Crippen LogP contribution in [0, 0.1) is 0 Å². The summed E-state index contributed by atoms with van der Waals surface area (Å²) in [7, 11) is 0. The van der Waals surface area contributed by atoms with Crippen LogP contribution in [0.3, 0.4) is 0 Å². The second-order valence-electron chi connectivity index (χ2n) is 5.18. The summed E-state index contributed by atoms with van der Waals surface area (Å²) in [5.41, 5.74) is 0.487. The highest BCUT2D eigenvalue weighted by molar-refractivity contribution is 5.26. The van der Waals surface area contributed by atoms with Crippen molar-refractivity contribution in [2.45, 2.75) is 32.5 Å². The fraction of sp³-hybridized carbons (Fsp3) is 0.333. The molecule has 0 fully saturated rings. The first-order chi connectivity index (χ1) is 8.46. The van der Waals surface area contributed by atoms with Crippen molar-refractivity contribution >= 4 is 0 Å².